The average molecular weight is 321 g/mol. The molecule has 0 atom stereocenters. The zero-order valence-corrected chi connectivity index (χ0v) is 13.0. The first kappa shape index (κ1) is 15.4. The van der Waals surface area contributed by atoms with Crippen molar-refractivity contribution in [2.45, 2.75) is 12.7 Å². The van der Waals surface area contributed by atoms with Crippen LogP contribution in [0.25, 0.3) is 0 Å². The lowest BCUT2D eigenvalue weighted by molar-refractivity contribution is 0.600. The van der Waals surface area contributed by atoms with Gasteiger partial charge in [-0.2, -0.15) is 0 Å². The Morgan fingerprint density at radius 1 is 1.29 bits per heavy atom. The van der Waals surface area contributed by atoms with Crippen molar-refractivity contribution < 1.29 is 8.42 Å². The predicted octanol–water partition coefficient (Wildman–Crippen LogP) is 1.97. The first-order valence-electron chi connectivity index (χ1n) is 6.18. The molecule has 0 radical (unpaired) electrons. The van der Waals surface area contributed by atoms with Crippen molar-refractivity contribution in [3.63, 3.8) is 0 Å². The van der Waals surface area contributed by atoms with Crippen LogP contribution in [0.4, 0.5) is 5.69 Å². The highest BCUT2D eigenvalue weighted by molar-refractivity contribution is 7.91. The van der Waals surface area contributed by atoms with Crippen LogP contribution in [0.2, 0.25) is 0 Å². The summed E-state index contributed by atoms with van der Waals surface area (Å²) in [5, 5.41) is 0. The summed E-state index contributed by atoms with van der Waals surface area (Å²) in [5.41, 5.74) is 8.12. The molecule has 2 rings (SSSR count). The summed E-state index contributed by atoms with van der Waals surface area (Å²) >= 11 is 4.86. The normalized spacial score (nSPS) is 11.1. The first-order valence-corrected chi connectivity index (χ1v) is 8.24. The first-order chi connectivity index (χ1) is 9.85. The molecule has 2 aromatic rings. The van der Waals surface area contributed by atoms with Crippen LogP contribution in [0.15, 0.2) is 42.6 Å². The van der Waals surface area contributed by atoms with E-state index in [9.17, 15) is 8.42 Å². The van der Waals surface area contributed by atoms with Crippen LogP contribution < -0.4 is 10.5 Å². The number of thiocarbonyl (C=S) groups is 1. The zero-order chi connectivity index (χ0) is 15.5. The maximum absolute atomic E-state index is 12.1. The van der Waals surface area contributed by atoms with Crippen LogP contribution in [0.1, 0.15) is 16.8 Å². The van der Waals surface area contributed by atoms with E-state index in [1.807, 2.05) is 0 Å². The smallest absolute Gasteiger partial charge is 0.236 e. The standard InChI is InChI=1S/C14H15N3O2S2/c1-10-8-13(6-7-16-10)17-21(18,19)9-11-2-4-12(5-3-11)14(15)20/h2-8H,9H2,1H3,(H2,15,20)(H,16,17). The Kier molecular flexibility index (Phi) is 4.54. The van der Waals surface area contributed by atoms with Crippen LogP contribution in [-0.2, 0) is 15.8 Å². The van der Waals surface area contributed by atoms with E-state index in [1.54, 1.807) is 49.5 Å². The number of anilines is 1. The number of rotatable bonds is 5. The molecule has 1 aromatic heterocycles. The van der Waals surface area contributed by atoms with Gasteiger partial charge in [0.15, 0.2) is 0 Å². The van der Waals surface area contributed by atoms with Gasteiger partial charge in [0.25, 0.3) is 0 Å². The Labute approximate surface area is 129 Å². The van der Waals surface area contributed by atoms with Crippen LogP contribution in [0.5, 0.6) is 0 Å². The second-order valence-electron chi connectivity index (χ2n) is 4.61. The molecule has 0 aliphatic heterocycles. The molecule has 21 heavy (non-hydrogen) atoms. The lowest BCUT2D eigenvalue weighted by Crippen LogP contribution is -2.15. The van der Waals surface area contributed by atoms with Crippen molar-refractivity contribution in [1.29, 1.82) is 0 Å². The van der Waals surface area contributed by atoms with Gasteiger partial charge in [0, 0.05) is 17.5 Å². The molecule has 0 saturated carbocycles. The maximum Gasteiger partial charge on any atom is 0.236 e. The monoisotopic (exact) mass is 321 g/mol. The van der Waals surface area contributed by atoms with Gasteiger partial charge in [0.2, 0.25) is 10.0 Å². The molecular formula is C14H15N3O2S2. The van der Waals surface area contributed by atoms with Gasteiger partial charge < -0.3 is 5.73 Å². The van der Waals surface area contributed by atoms with Gasteiger partial charge in [-0.3, -0.25) is 9.71 Å². The average Bonchev–Trinajstić information content (AvgIpc) is 2.38. The summed E-state index contributed by atoms with van der Waals surface area (Å²) in [7, 11) is -3.48. The molecule has 110 valence electrons. The molecule has 7 heteroatoms. The summed E-state index contributed by atoms with van der Waals surface area (Å²) < 4.78 is 26.8. The molecule has 1 heterocycles. The third kappa shape index (κ3) is 4.51. The van der Waals surface area contributed by atoms with Crippen LogP contribution in [-0.4, -0.2) is 18.4 Å². The number of hydrogen-bond acceptors (Lipinski definition) is 4. The third-order valence-electron chi connectivity index (χ3n) is 2.77. The fourth-order valence-electron chi connectivity index (χ4n) is 1.81. The molecule has 0 aliphatic rings. The van der Waals surface area contributed by atoms with E-state index in [-0.39, 0.29) is 10.7 Å². The molecule has 0 spiro atoms. The number of nitrogens with two attached hydrogens (primary N) is 1. The number of benzene rings is 1. The van der Waals surface area contributed by atoms with Gasteiger partial charge in [-0.05, 0) is 24.6 Å². The number of aromatic nitrogens is 1. The summed E-state index contributed by atoms with van der Waals surface area (Å²) in [4.78, 5) is 4.31. The number of nitrogens with zero attached hydrogens (tertiary/aromatic N) is 1. The Balaban J connectivity index is 2.12. The zero-order valence-electron chi connectivity index (χ0n) is 11.4. The molecule has 1 aromatic carbocycles. The topological polar surface area (TPSA) is 85.1 Å². The van der Waals surface area contributed by atoms with Crippen molar-refractivity contribution in [3.8, 4) is 0 Å². The molecule has 0 aliphatic carbocycles. The SMILES string of the molecule is Cc1cc(NS(=O)(=O)Cc2ccc(C(N)=S)cc2)ccn1. The third-order valence-corrected chi connectivity index (χ3v) is 4.26. The molecule has 0 amide bonds. The lowest BCUT2D eigenvalue weighted by atomic mass is 10.1. The Bertz CT molecular complexity index is 756. The largest absolute Gasteiger partial charge is 0.389 e. The van der Waals surface area contributed by atoms with Gasteiger partial charge in [-0.1, -0.05) is 36.5 Å². The van der Waals surface area contributed by atoms with Gasteiger partial charge in [-0.25, -0.2) is 8.42 Å². The highest BCUT2D eigenvalue weighted by Crippen LogP contribution is 2.13. The molecule has 0 unspecified atom stereocenters. The molecule has 5 nitrogen and oxygen atoms in total. The summed E-state index contributed by atoms with van der Waals surface area (Å²) in [5.74, 6) is -0.119. The molecule has 3 N–H and O–H groups in total. The van der Waals surface area contributed by atoms with E-state index >= 15 is 0 Å². The fraction of sp³-hybridized carbons (Fsp3) is 0.143. The van der Waals surface area contributed by atoms with E-state index in [0.717, 1.165) is 5.69 Å². The number of aryl methyl sites for hydroxylation is 1. The van der Waals surface area contributed by atoms with Gasteiger partial charge in [0.05, 0.1) is 11.4 Å². The van der Waals surface area contributed by atoms with Gasteiger partial charge in [0.1, 0.15) is 4.99 Å². The van der Waals surface area contributed by atoms with E-state index in [1.165, 1.54) is 0 Å². The number of hydrogen-bond donors (Lipinski definition) is 2. The Morgan fingerprint density at radius 3 is 2.52 bits per heavy atom. The Morgan fingerprint density at radius 2 is 1.95 bits per heavy atom. The Hall–Kier alpha value is -1.99. The maximum atomic E-state index is 12.1. The second-order valence-corrected chi connectivity index (χ2v) is 6.77. The number of nitrogens with one attached hydrogen (secondary N) is 1. The van der Waals surface area contributed by atoms with Crippen molar-refractivity contribution in [1.82, 2.24) is 4.98 Å². The van der Waals surface area contributed by atoms with Crippen LogP contribution in [0, 0.1) is 6.92 Å². The number of pyridine rings is 1. The van der Waals surface area contributed by atoms with Crippen LogP contribution in [0.3, 0.4) is 0 Å². The van der Waals surface area contributed by atoms with E-state index < -0.39 is 10.0 Å². The predicted molar refractivity (Wildman–Crippen MR) is 87.5 cm³/mol. The van der Waals surface area contributed by atoms with Gasteiger partial charge in [-0.15, -0.1) is 0 Å². The molecular weight excluding hydrogens is 306 g/mol. The summed E-state index contributed by atoms with van der Waals surface area (Å²) in [6.07, 6.45) is 1.56. The molecule has 0 bridgehead atoms. The van der Waals surface area contributed by atoms with Crippen LogP contribution >= 0.6 is 12.2 Å². The second kappa shape index (κ2) is 6.19. The highest BCUT2D eigenvalue weighted by atomic mass is 32.2. The minimum absolute atomic E-state index is 0.119. The summed E-state index contributed by atoms with van der Waals surface area (Å²) in [6, 6.07) is 10.1. The molecule has 0 fully saturated rings. The van der Waals surface area contributed by atoms with E-state index in [4.69, 9.17) is 18.0 Å². The van der Waals surface area contributed by atoms with Gasteiger partial charge >= 0.3 is 0 Å². The van der Waals surface area contributed by atoms with E-state index in [2.05, 4.69) is 9.71 Å². The van der Waals surface area contributed by atoms with Crippen molar-refractivity contribution in [2.24, 2.45) is 5.73 Å². The van der Waals surface area contributed by atoms with Crippen molar-refractivity contribution in [2.75, 3.05) is 4.72 Å². The fourth-order valence-corrected chi connectivity index (χ4v) is 3.13. The quantitative estimate of drug-likeness (QED) is 0.822. The molecule has 0 saturated heterocycles. The van der Waals surface area contributed by atoms with Crippen molar-refractivity contribution in [3.05, 3.63) is 59.4 Å². The summed E-state index contributed by atoms with van der Waals surface area (Å²) in [6.45, 7) is 1.80. The van der Waals surface area contributed by atoms with Crippen molar-refractivity contribution >= 4 is 32.9 Å². The van der Waals surface area contributed by atoms with E-state index in [0.29, 0.717) is 16.8 Å². The number of sulfonamides is 1. The minimum Gasteiger partial charge on any atom is -0.389 e. The minimum atomic E-state index is -3.48. The highest BCUT2D eigenvalue weighted by Gasteiger charge is 2.12. The lowest BCUT2D eigenvalue weighted by Gasteiger charge is -2.09.